The van der Waals surface area contributed by atoms with Crippen LogP contribution in [-0.4, -0.2) is 26.1 Å². The number of hydrogen-bond acceptors (Lipinski definition) is 7. The minimum atomic E-state index is -0.500. The predicted octanol–water partition coefficient (Wildman–Crippen LogP) is 2.32. The maximum Gasteiger partial charge on any atom is 0.244 e. The van der Waals surface area contributed by atoms with Crippen LogP contribution in [0.15, 0.2) is 47.1 Å². The van der Waals surface area contributed by atoms with Gasteiger partial charge < -0.3 is 11.1 Å². The first-order chi connectivity index (χ1) is 10.7. The average Bonchev–Trinajstić information content (AvgIpc) is 3.17. The number of nitrogen functional groups attached to an aromatic ring is 1. The number of aromatic nitrogens is 4. The van der Waals surface area contributed by atoms with E-state index in [1.54, 1.807) is 11.6 Å². The molecule has 9 heteroatoms. The Bertz CT molecular complexity index is 743. The van der Waals surface area contributed by atoms with Crippen LogP contribution in [0, 0.1) is 0 Å². The molecule has 112 valence electrons. The molecule has 3 aromatic rings. The van der Waals surface area contributed by atoms with E-state index in [4.69, 9.17) is 5.73 Å². The summed E-state index contributed by atoms with van der Waals surface area (Å²) in [6.45, 7) is 0. The summed E-state index contributed by atoms with van der Waals surface area (Å²) in [5, 5.41) is 11.6. The van der Waals surface area contributed by atoms with Gasteiger partial charge >= 0.3 is 0 Å². The Morgan fingerprint density at radius 3 is 2.82 bits per heavy atom. The van der Waals surface area contributed by atoms with Crippen LogP contribution in [0.25, 0.3) is 0 Å². The van der Waals surface area contributed by atoms with E-state index in [1.165, 1.54) is 23.1 Å². The van der Waals surface area contributed by atoms with Crippen molar-refractivity contribution in [3.05, 3.63) is 47.5 Å². The Balaban J connectivity index is 1.83. The summed E-state index contributed by atoms with van der Waals surface area (Å²) < 4.78 is 0. The van der Waals surface area contributed by atoms with Crippen molar-refractivity contribution in [2.24, 2.45) is 0 Å². The third-order valence-electron chi connectivity index (χ3n) is 2.71. The van der Waals surface area contributed by atoms with Crippen molar-refractivity contribution in [2.75, 3.05) is 11.1 Å². The number of thiazole rings is 1. The summed E-state index contributed by atoms with van der Waals surface area (Å²) >= 11 is 2.59. The number of nitrogens with two attached hydrogens (primary N) is 1. The van der Waals surface area contributed by atoms with Crippen LogP contribution in [0.4, 0.5) is 11.1 Å². The van der Waals surface area contributed by atoms with E-state index in [0.29, 0.717) is 10.3 Å². The lowest BCUT2D eigenvalue weighted by molar-refractivity contribution is -0.115. The second kappa shape index (κ2) is 6.58. The van der Waals surface area contributed by atoms with E-state index in [0.717, 1.165) is 5.56 Å². The number of aromatic amines is 1. The van der Waals surface area contributed by atoms with Crippen molar-refractivity contribution < 1.29 is 4.79 Å². The first kappa shape index (κ1) is 14.5. The lowest BCUT2D eigenvalue weighted by atomic mass is 10.1. The smallest absolute Gasteiger partial charge is 0.244 e. The second-order valence-electron chi connectivity index (χ2n) is 4.24. The highest BCUT2D eigenvalue weighted by molar-refractivity contribution is 8.00. The number of rotatable bonds is 5. The number of carbonyl (C=O) groups excluding carboxylic acids is 1. The molecule has 0 unspecified atom stereocenters. The second-order valence-corrected chi connectivity index (χ2v) is 6.21. The Hall–Kier alpha value is -2.39. The first-order valence-corrected chi connectivity index (χ1v) is 8.08. The SMILES string of the molecule is Nc1nc(S[C@H](C(=O)Nc2nccs2)c2ccccc2)n[nH]1. The molecule has 0 aliphatic carbocycles. The van der Waals surface area contributed by atoms with Gasteiger partial charge in [0, 0.05) is 11.6 Å². The molecule has 22 heavy (non-hydrogen) atoms. The number of hydrogen-bond donors (Lipinski definition) is 3. The van der Waals surface area contributed by atoms with E-state index in [-0.39, 0.29) is 11.9 Å². The van der Waals surface area contributed by atoms with Crippen LogP contribution in [0.2, 0.25) is 0 Å². The fraction of sp³-hybridized carbons (Fsp3) is 0.0769. The fourth-order valence-electron chi connectivity index (χ4n) is 1.77. The first-order valence-electron chi connectivity index (χ1n) is 6.32. The quantitative estimate of drug-likeness (QED) is 0.619. The molecule has 2 heterocycles. The number of H-pyrrole nitrogens is 1. The van der Waals surface area contributed by atoms with Gasteiger partial charge in [0.25, 0.3) is 0 Å². The van der Waals surface area contributed by atoms with Crippen molar-refractivity contribution in [1.82, 2.24) is 20.2 Å². The number of amides is 1. The molecule has 3 rings (SSSR count). The van der Waals surface area contributed by atoms with Crippen LogP contribution in [0.3, 0.4) is 0 Å². The molecule has 4 N–H and O–H groups in total. The van der Waals surface area contributed by atoms with E-state index in [1.807, 2.05) is 30.3 Å². The zero-order valence-corrected chi connectivity index (χ0v) is 12.9. The number of nitrogens with zero attached hydrogens (tertiary/aromatic N) is 3. The summed E-state index contributed by atoms with van der Waals surface area (Å²) in [7, 11) is 0. The normalized spacial score (nSPS) is 12.0. The van der Waals surface area contributed by atoms with Crippen molar-refractivity contribution in [1.29, 1.82) is 0 Å². The maximum atomic E-state index is 12.6. The third kappa shape index (κ3) is 3.43. The van der Waals surface area contributed by atoms with Gasteiger partial charge in [-0.2, -0.15) is 4.98 Å². The summed E-state index contributed by atoms with van der Waals surface area (Å²) in [6, 6.07) is 9.43. The summed E-state index contributed by atoms with van der Waals surface area (Å²) in [4.78, 5) is 20.7. The Kier molecular flexibility index (Phi) is 4.35. The molecule has 0 aliphatic heterocycles. The van der Waals surface area contributed by atoms with Crippen molar-refractivity contribution in [3.8, 4) is 0 Å². The van der Waals surface area contributed by atoms with Gasteiger partial charge in [-0.3, -0.25) is 4.79 Å². The number of carbonyl (C=O) groups is 1. The van der Waals surface area contributed by atoms with Crippen molar-refractivity contribution >= 4 is 40.1 Å². The molecule has 0 spiro atoms. The lowest BCUT2D eigenvalue weighted by Crippen LogP contribution is -2.19. The number of thioether (sulfide) groups is 1. The minimum absolute atomic E-state index is 0.186. The van der Waals surface area contributed by atoms with E-state index < -0.39 is 5.25 Å². The van der Waals surface area contributed by atoms with Gasteiger partial charge in [0.1, 0.15) is 5.25 Å². The van der Waals surface area contributed by atoms with Gasteiger partial charge in [0.15, 0.2) is 5.13 Å². The van der Waals surface area contributed by atoms with Crippen molar-refractivity contribution in [2.45, 2.75) is 10.4 Å². The monoisotopic (exact) mass is 332 g/mol. The van der Waals surface area contributed by atoms with Crippen LogP contribution < -0.4 is 11.1 Å². The highest BCUT2D eigenvalue weighted by Gasteiger charge is 2.24. The Morgan fingerprint density at radius 1 is 1.36 bits per heavy atom. The van der Waals surface area contributed by atoms with Crippen molar-refractivity contribution in [3.63, 3.8) is 0 Å². The molecule has 1 atom stereocenters. The zero-order valence-electron chi connectivity index (χ0n) is 11.3. The molecule has 0 aliphatic rings. The average molecular weight is 332 g/mol. The largest absolute Gasteiger partial charge is 0.368 e. The van der Waals surface area contributed by atoms with Gasteiger partial charge in [-0.1, -0.05) is 42.1 Å². The Labute approximate surface area is 134 Å². The fourth-order valence-corrected chi connectivity index (χ4v) is 3.22. The van der Waals surface area contributed by atoms with Gasteiger partial charge in [-0.15, -0.1) is 16.4 Å². The molecule has 0 fully saturated rings. The lowest BCUT2D eigenvalue weighted by Gasteiger charge is -2.14. The zero-order chi connectivity index (χ0) is 15.4. The minimum Gasteiger partial charge on any atom is -0.368 e. The molecule has 2 aromatic heterocycles. The van der Waals surface area contributed by atoms with E-state index in [2.05, 4.69) is 25.5 Å². The van der Waals surface area contributed by atoms with Crippen LogP contribution in [0.1, 0.15) is 10.8 Å². The van der Waals surface area contributed by atoms with E-state index in [9.17, 15) is 4.79 Å². The molecule has 7 nitrogen and oxygen atoms in total. The summed E-state index contributed by atoms with van der Waals surface area (Å²) in [5.41, 5.74) is 6.38. The predicted molar refractivity (Wildman–Crippen MR) is 86.6 cm³/mol. The van der Waals surface area contributed by atoms with Crippen LogP contribution in [0.5, 0.6) is 0 Å². The molecular weight excluding hydrogens is 320 g/mol. The number of anilines is 2. The molecule has 0 saturated carbocycles. The Morgan fingerprint density at radius 2 is 2.18 bits per heavy atom. The molecular formula is C13H12N6OS2. The highest BCUT2D eigenvalue weighted by atomic mass is 32.2. The third-order valence-corrected chi connectivity index (χ3v) is 4.51. The molecule has 0 radical (unpaired) electrons. The van der Waals surface area contributed by atoms with Crippen LogP contribution >= 0.6 is 23.1 Å². The van der Waals surface area contributed by atoms with Gasteiger partial charge in [-0.05, 0) is 5.56 Å². The standard InChI is InChI=1S/C13H12N6OS2/c14-11-17-13(19-18-11)22-9(8-4-2-1-3-5-8)10(20)16-12-15-6-7-21-12/h1-7,9H,(H,15,16,20)(H3,14,17,18,19)/t9-/m0/s1. The topological polar surface area (TPSA) is 110 Å². The van der Waals surface area contributed by atoms with E-state index >= 15 is 0 Å². The maximum absolute atomic E-state index is 12.6. The van der Waals surface area contributed by atoms with Crippen LogP contribution in [-0.2, 0) is 4.79 Å². The summed E-state index contributed by atoms with van der Waals surface area (Å²) in [6.07, 6.45) is 1.64. The number of benzene rings is 1. The van der Waals surface area contributed by atoms with Gasteiger partial charge in [0.2, 0.25) is 17.0 Å². The summed E-state index contributed by atoms with van der Waals surface area (Å²) in [5.74, 6) is 0.0316. The number of nitrogens with one attached hydrogen (secondary N) is 2. The highest BCUT2D eigenvalue weighted by Crippen LogP contribution is 2.34. The molecule has 1 amide bonds. The molecule has 0 saturated heterocycles. The molecule has 0 bridgehead atoms. The van der Waals surface area contributed by atoms with Gasteiger partial charge in [-0.25, -0.2) is 10.1 Å². The van der Waals surface area contributed by atoms with Gasteiger partial charge in [0.05, 0.1) is 0 Å². The molecule has 1 aromatic carbocycles.